The first-order valence-electron chi connectivity index (χ1n) is 7.91. The Balaban J connectivity index is 1.65. The highest BCUT2D eigenvalue weighted by Gasteiger charge is 2.09. The van der Waals surface area contributed by atoms with Gasteiger partial charge in [-0.1, -0.05) is 29.8 Å². The van der Waals surface area contributed by atoms with E-state index >= 15 is 0 Å². The lowest BCUT2D eigenvalue weighted by Crippen LogP contribution is -2.24. The molecule has 0 spiro atoms. The lowest BCUT2D eigenvalue weighted by molar-refractivity contribution is 0.0946. The molecule has 132 valence electrons. The van der Waals surface area contributed by atoms with E-state index < -0.39 is 0 Å². The summed E-state index contributed by atoms with van der Waals surface area (Å²) in [6.07, 6.45) is 1.53. The van der Waals surface area contributed by atoms with E-state index in [1.54, 1.807) is 25.3 Å². The number of hydrogen-bond acceptors (Lipinski definition) is 5. The fraction of sp³-hybridized carbons (Fsp3) is 0.105. The van der Waals surface area contributed by atoms with Crippen LogP contribution in [-0.4, -0.2) is 23.0 Å². The van der Waals surface area contributed by atoms with Gasteiger partial charge in [0.05, 0.1) is 7.11 Å². The van der Waals surface area contributed by atoms with Gasteiger partial charge in [-0.15, -0.1) is 0 Å². The summed E-state index contributed by atoms with van der Waals surface area (Å²) in [5.74, 6) is 0.764. The first-order chi connectivity index (χ1) is 12.6. The van der Waals surface area contributed by atoms with E-state index in [0.29, 0.717) is 23.3 Å². The van der Waals surface area contributed by atoms with E-state index in [2.05, 4.69) is 20.6 Å². The molecule has 0 radical (unpaired) electrons. The fourth-order valence-corrected chi connectivity index (χ4v) is 2.38. The van der Waals surface area contributed by atoms with E-state index in [1.165, 1.54) is 6.20 Å². The number of nitrogens with zero attached hydrogens (tertiary/aromatic N) is 2. The van der Waals surface area contributed by atoms with Gasteiger partial charge in [0.15, 0.2) is 0 Å². The Morgan fingerprint density at radius 2 is 1.96 bits per heavy atom. The number of carbonyl (C=O) groups excluding carboxylic acids is 1. The average molecular weight is 369 g/mol. The highest BCUT2D eigenvalue weighted by atomic mass is 35.5. The SMILES string of the molecule is COc1cccc(Nc2nccc(C(=O)NCc3ccc(Cl)cc3)n2)c1. The maximum Gasteiger partial charge on any atom is 0.270 e. The van der Waals surface area contributed by atoms with Crippen molar-refractivity contribution in [3.05, 3.63) is 77.1 Å². The minimum atomic E-state index is -0.281. The smallest absolute Gasteiger partial charge is 0.270 e. The first kappa shape index (κ1) is 17.7. The maximum atomic E-state index is 12.3. The Labute approximate surface area is 156 Å². The third-order valence-electron chi connectivity index (χ3n) is 3.58. The van der Waals surface area contributed by atoms with E-state index in [-0.39, 0.29) is 11.6 Å². The third-order valence-corrected chi connectivity index (χ3v) is 3.83. The van der Waals surface area contributed by atoms with E-state index in [1.807, 2.05) is 36.4 Å². The molecule has 6 nitrogen and oxygen atoms in total. The van der Waals surface area contributed by atoms with E-state index in [0.717, 1.165) is 11.3 Å². The zero-order valence-electron chi connectivity index (χ0n) is 14.1. The number of aromatic nitrogens is 2. The number of halogens is 1. The molecule has 0 aliphatic rings. The molecule has 7 heteroatoms. The zero-order valence-corrected chi connectivity index (χ0v) is 14.8. The number of ether oxygens (including phenoxy) is 1. The molecule has 0 saturated heterocycles. The number of anilines is 2. The molecule has 3 aromatic rings. The van der Waals surface area contributed by atoms with Gasteiger partial charge in [-0.25, -0.2) is 9.97 Å². The number of amides is 1. The summed E-state index contributed by atoms with van der Waals surface area (Å²) < 4.78 is 5.18. The summed E-state index contributed by atoms with van der Waals surface area (Å²) in [6.45, 7) is 0.388. The van der Waals surface area contributed by atoms with Crippen LogP contribution in [0.15, 0.2) is 60.8 Å². The Morgan fingerprint density at radius 1 is 1.15 bits per heavy atom. The molecule has 0 atom stereocenters. The van der Waals surface area contributed by atoms with Gasteiger partial charge < -0.3 is 15.4 Å². The largest absolute Gasteiger partial charge is 0.497 e. The van der Waals surface area contributed by atoms with Crippen LogP contribution in [0.1, 0.15) is 16.1 Å². The molecular formula is C19H17ClN4O2. The van der Waals surface area contributed by atoms with Crippen LogP contribution in [0, 0.1) is 0 Å². The minimum Gasteiger partial charge on any atom is -0.497 e. The lowest BCUT2D eigenvalue weighted by Gasteiger charge is -2.08. The summed E-state index contributed by atoms with van der Waals surface area (Å²) >= 11 is 5.85. The molecule has 1 heterocycles. The molecule has 2 aromatic carbocycles. The van der Waals surface area contributed by atoms with Crippen LogP contribution in [0.25, 0.3) is 0 Å². The molecule has 2 N–H and O–H groups in total. The Kier molecular flexibility index (Phi) is 5.66. The second-order valence-corrected chi connectivity index (χ2v) is 5.87. The number of rotatable bonds is 6. The van der Waals surface area contributed by atoms with Crippen LogP contribution in [0.4, 0.5) is 11.6 Å². The van der Waals surface area contributed by atoms with Crippen LogP contribution in [0.5, 0.6) is 5.75 Å². The molecule has 26 heavy (non-hydrogen) atoms. The van der Waals surface area contributed by atoms with Crippen molar-refractivity contribution in [1.29, 1.82) is 0 Å². The molecule has 0 aliphatic heterocycles. The van der Waals surface area contributed by atoms with Crippen LogP contribution in [-0.2, 0) is 6.54 Å². The number of carbonyl (C=O) groups is 1. The van der Waals surface area contributed by atoms with Crippen LogP contribution < -0.4 is 15.4 Å². The molecule has 0 aliphatic carbocycles. The lowest BCUT2D eigenvalue weighted by atomic mass is 10.2. The third kappa shape index (κ3) is 4.70. The summed E-state index contributed by atoms with van der Waals surface area (Å²) in [7, 11) is 1.60. The summed E-state index contributed by atoms with van der Waals surface area (Å²) in [6, 6.07) is 16.2. The zero-order chi connectivity index (χ0) is 18.4. The van der Waals surface area contributed by atoms with Gasteiger partial charge in [0.25, 0.3) is 5.91 Å². The molecular weight excluding hydrogens is 352 g/mol. The first-order valence-corrected chi connectivity index (χ1v) is 8.28. The Bertz CT molecular complexity index is 900. The number of methoxy groups -OCH3 is 1. The molecule has 1 amide bonds. The number of nitrogens with one attached hydrogen (secondary N) is 2. The fourth-order valence-electron chi connectivity index (χ4n) is 2.25. The molecule has 1 aromatic heterocycles. The van der Waals surface area contributed by atoms with Crippen molar-refractivity contribution >= 4 is 29.1 Å². The predicted molar refractivity (Wildman–Crippen MR) is 101 cm³/mol. The van der Waals surface area contributed by atoms with Crippen LogP contribution in [0.2, 0.25) is 5.02 Å². The molecule has 0 fully saturated rings. The molecule has 0 saturated carbocycles. The quantitative estimate of drug-likeness (QED) is 0.691. The van der Waals surface area contributed by atoms with Gasteiger partial charge in [-0.2, -0.15) is 0 Å². The van der Waals surface area contributed by atoms with Crippen molar-refractivity contribution in [2.24, 2.45) is 0 Å². The van der Waals surface area contributed by atoms with Crippen molar-refractivity contribution in [3.8, 4) is 5.75 Å². The summed E-state index contributed by atoms with van der Waals surface area (Å²) in [4.78, 5) is 20.7. The number of hydrogen-bond donors (Lipinski definition) is 2. The monoisotopic (exact) mass is 368 g/mol. The van der Waals surface area contributed by atoms with Gasteiger partial charge in [0, 0.05) is 29.5 Å². The standard InChI is InChI=1S/C19H17ClN4O2/c1-26-16-4-2-3-15(11-16)23-19-21-10-9-17(24-19)18(25)22-12-13-5-7-14(20)8-6-13/h2-11H,12H2,1H3,(H,22,25)(H,21,23,24). The highest BCUT2D eigenvalue weighted by molar-refractivity contribution is 6.30. The molecule has 3 rings (SSSR count). The molecule has 0 bridgehead atoms. The minimum absolute atomic E-state index is 0.277. The van der Waals surface area contributed by atoms with Gasteiger partial charge in [-0.3, -0.25) is 4.79 Å². The second-order valence-electron chi connectivity index (χ2n) is 5.43. The second kappa shape index (κ2) is 8.31. The summed E-state index contributed by atoms with van der Waals surface area (Å²) in [5.41, 5.74) is 1.99. The van der Waals surface area contributed by atoms with Crippen molar-refractivity contribution in [1.82, 2.24) is 15.3 Å². The van der Waals surface area contributed by atoms with E-state index in [4.69, 9.17) is 16.3 Å². The highest BCUT2D eigenvalue weighted by Crippen LogP contribution is 2.19. The van der Waals surface area contributed by atoms with E-state index in [9.17, 15) is 4.79 Å². The predicted octanol–water partition coefficient (Wildman–Crippen LogP) is 3.81. The van der Waals surface area contributed by atoms with Crippen LogP contribution >= 0.6 is 11.6 Å². The van der Waals surface area contributed by atoms with Gasteiger partial charge in [-0.05, 0) is 35.9 Å². The topological polar surface area (TPSA) is 76.1 Å². The van der Waals surface area contributed by atoms with Gasteiger partial charge >= 0.3 is 0 Å². The average Bonchev–Trinajstić information content (AvgIpc) is 2.67. The summed E-state index contributed by atoms with van der Waals surface area (Å²) in [5, 5.41) is 6.54. The Morgan fingerprint density at radius 3 is 2.73 bits per heavy atom. The Hall–Kier alpha value is -3.12. The van der Waals surface area contributed by atoms with Crippen molar-refractivity contribution in [2.75, 3.05) is 12.4 Å². The van der Waals surface area contributed by atoms with Crippen molar-refractivity contribution in [3.63, 3.8) is 0 Å². The molecule has 0 unspecified atom stereocenters. The van der Waals surface area contributed by atoms with Crippen LogP contribution in [0.3, 0.4) is 0 Å². The van der Waals surface area contributed by atoms with Gasteiger partial charge in [0.2, 0.25) is 5.95 Å². The normalized spacial score (nSPS) is 10.2. The van der Waals surface area contributed by atoms with Crippen molar-refractivity contribution in [2.45, 2.75) is 6.54 Å². The van der Waals surface area contributed by atoms with Crippen molar-refractivity contribution < 1.29 is 9.53 Å². The van der Waals surface area contributed by atoms with Gasteiger partial charge in [0.1, 0.15) is 11.4 Å². The maximum absolute atomic E-state index is 12.3. The number of benzene rings is 2.